The van der Waals surface area contributed by atoms with Gasteiger partial charge >= 0.3 is 0 Å². The number of aromatic nitrogens is 3. The molecule has 0 radical (unpaired) electrons. The number of thioether (sulfide) groups is 1. The Morgan fingerprint density at radius 3 is 2.56 bits per heavy atom. The first-order chi connectivity index (χ1) is 15.6. The zero-order valence-electron chi connectivity index (χ0n) is 16.8. The summed E-state index contributed by atoms with van der Waals surface area (Å²) in [5, 5.41) is 11.7. The van der Waals surface area contributed by atoms with E-state index >= 15 is 0 Å². The van der Waals surface area contributed by atoms with Gasteiger partial charge in [-0.1, -0.05) is 23.4 Å². The molecule has 2 aromatic heterocycles. The number of ether oxygens (including phenoxy) is 2. The lowest BCUT2D eigenvalue weighted by Crippen LogP contribution is -2.15. The summed E-state index contributed by atoms with van der Waals surface area (Å²) in [7, 11) is 1.59. The Morgan fingerprint density at radius 2 is 1.81 bits per heavy atom. The fraction of sp³-hybridized carbons (Fsp3) is 0.0909. The van der Waals surface area contributed by atoms with Crippen LogP contribution in [0.2, 0.25) is 5.02 Å². The molecule has 4 rings (SSSR count). The number of rotatable bonds is 8. The molecule has 0 aliphatic carbocycles. The van der Waals surface area contributed by atoms with E-state index in [1.807, 2.05) is 0 Å². The number of amides is 1. The molecule has 0 aliphatic heterocycles. The molecule has 0 saturated heterocycles. The van der Waals surface area contributed by atoms with E-state index in [2.05, 4.69) is 20.5 Å². The number of halogens is 1. The average molecular weight is 469 g/mol. The van der Waals surface area contributed by atoms with Gasteiger partial charge in [-0.15, -0.1) is 10.2 Å². The lowest BCUT2D eigenvalue weighted by molar-refractivity contribution is -0.113. The van der Waals surface area contributed by atoms with E-state index in [9.17, 15) is 4.79 Å². The Labute approximate surface area is 192 Å². The molecule has 0 unspecified atom stereocenters. The summed E-state index contributed by atoms with van der Waals surface area (Å²) in [6.45, 7) is 0. The number of carbonyl (C=O) groups excluding carboxylic acids is 1. The molecule has 162 valence electrons. The molecule has 0 aliphatic rings. The topological polar surface area (TPSA) is 99.4 Å². The van der Waals surface area contributed by atoms with Crippen LogP contribution in [0, 0.1) is 0 Å². The summed E-state index contributed by atoms with van der Waals surface area (Å²) >= 11 is 7.02. The van der Waals surface area contributed by atoms with Gasteiger partial charge < -0.3 is 19.2 Å². The summed E-state index contributed by atoms with van der Waals surface area (Å²) in [5.74, 6) is 1.71. The maximum Gasteiger partial charge on any atom is 0.277 e. The van der Waals surface area contributed by atoms with Crippen molar-refractivity contribution in [1.29, 1.82) is 0 Å². The highest BCUT2D eigenvalue weighted by Crippen LogP contribution is 2.29. The van der Waals surface area contributed by atoms with Crippen molar-refractivity contribution in [3.8, 4) is 28.8 Å². The van der Waals surface area contributed by atoms with Gasteiger partial charge in [0, 0.05) is 16.8 Å². The van der Waals surface area contributed by atoms with E-state index < -0.39 is 0 Å². The zero-order valence-corrected chi connectivity index (χ0v) is 18.4. The van der Waals surface area contributed by atoms with Crippen molar-refractivity contribution in [2.75, 3.05) is 18.2 Å². The van der Waals surface area contributed by atoms with E-state index in [0.717, 1.165) is 17.3 Å². The summed E-state index contributed by atoms with van der Waals surface area (Å²) in [4.78, 5) is 16.7. The third kappa shape index (κ3) is 5.57. The van der Waals surface area contributed by atoms with Crippen LogP contribution in [0.3, 0.4) is 0 Å². The van der Waals surface area contributed by atoms with Crippen molar-refractivity contribution >= 4 is 35.0 Å². The molecule has 4 aromatic rings. The first-order valence-electron chi connectivity index (χ1n) is 9.40. The fourth-order valence-corrected chi connectivity index (χ4v) is 3.30. The first-order valence-corrected chi connectivity index (χ1v) is 10.8. The third-order valence-electron chi connectivity index (χ3n) is 4.14. The lowest BCUT2D eigenvalue weighted by Gasteiger charge is -2.11. The van der Waals surface area contributed by atoms with Gasteiger partial charge in [-0.05, 0) is 60.7 Å². The Hall–Kier alpha value is -3.56. The van der Waals surface area contributed by atoms with Crippen LogP contribution < -0.4 is 14.8 Å². The summed E-state index contributed by atoms with van der Waals surface area (Å²) in [6.07, 6.45) is 1.58. The second kappa shape index (κ2) is 10.2. The molecular formula is C22H17ClN4O4S. The Kier molecular flexibility index (Phi) is 6.88. The molecule has 2 heterocycles. The Morgan fingerprint density at radius 1 is 1.06 bits per heavy atom. The maximum atomic E-state index is 12.5. The number of anilines is 1. The average Bonchev–Trinajstić information content (AvgIpc) is 3.29. The second-order valence-electron chi connectivity index (χ2n) is 6.35. The highest BCUT2D eigenvalue weighted by molar-refractivity contribution is 7.99. The van der Waals surface area contributed by atoms with Crippen LogP contribution in [0.15, 0.2) is 76.5 Å². The van der Waals surface area contributed by atoms with Crippen LogP contribution in [0.5, 0.6) is 17.4 Å². The summed E-state index contributed by atoms with van der Waals surface area (Å²) < 4.78 is 16.5. The number of methoxy groups -OCH3 is 1. The molecule has 0 spiro atoms. The lowest BCUT2D eigenvalue weighted by atomic mass is 10.2. The van der Waals surface area contributed by atoms with Crippen molar-refractivity contribution in [1.82, 2.24) is 15.2 Å². The largest absolute Gasteiger partial charge is 0.497 e. The third-order valence-corrected chi connectivity index (χ3v) is 5.21. The number of nitrogens with one attached hydrogen (secondary N) is 1. The standard InChI is InChI=1S/C22H17ClN4O4S/c1-29-16-8-10-17(11-9-16)30-21-18(3-2-12-24-21)25-19(28)13-32-22-27-26-20(31-22)14-4-6-15(23)7-5-14/h2-12H,13H2,1H3,(H,25,28). The van der Waals surface area contributed by atoms with Crippen molar-refractivity contribution in [3.63, 3.8) is 0 Å². The first kappa shape index (κ1) is 21.7. The minimum Gasteiger partial charge on any atom is -0.497 e. The summed E-state index contributed by atoms with van der Waals surface area (Å²) in [6, 6.07) is 17.5. The predicted molar refractivity (Wildman–Crippen MR) is 121 cm³/mol. The van der Waals surface area contributed by atoms with Crippen LogP contribution in [0.1, 0.15) is 0 Å². The van der Waals surface area contributed by atoms with Gasteiger partial charge in [0.2, 0.25) is 17.7 Å². The van der Waals surface area contributed by atoms with Gasteiger partial charge in [-0.3, -0.25) is 4.79 Å². The van der Waals surface area contributed by atoms with E-state index in [1.165, 1.54) is 0 Å². The van der Waals surface area contributed by atoms with Gasteiger partial charge in [0.25, 0.3) is 5.22 Å². The second-order valence-corrected chi connectivity index (χ2v) is 7.71. The monoisotopic (exact) mass is 468 g/mol. The van der Waals surface area contributed by atoms with Gasteiger partial charge in [0.05, 0.1) is 12.9 Å². The molecule has 0 bridgehead atoms. The molecule has 2 aromatic carbocycles. The molecule has 0 saturated carbocycles. The van der Waals surface area contributed by atoms with Crippen LogP contribution in [-0.2, 0) is 4.79 Å². The Balaban J connectivity index is 1.36. The van der Waals surface area contributed by atoms with E-state index in [4.69, 9.17) is 25.5 Å². The zero-order chi connectivity index (χ0) is 22.3. The number of nitrogens with zero attached hydrogens (tertiary/aromatic N) is 3. The van der Waals surface area contributed by atoms with Gasteiger partial charge in [0.15, 0.2) is 0 Å². The predicted octanol–water partition coefficient (Wildman–Crippen LogP) is 5.32. The molecule has 32 heavy (non-hydrogen) atoms. The highest BCUT2D eigenvalue weighted by Gasteiger charge is 2.14. The van der Waals surface area contributed by atoms with E-state index in [1.54, 1.807) is 74.0 Å². The smallest absolute Gasteiger partial charge is 0.277 e. The minimum absolute atomic E-state index is 0.0686. The van der Waals surface area contributed by atoms with Crippen molar-refractivity contribution in [2.24, 2.45) is 0 Å². The minimum atomic E-state index is -0.270. The molecule has 10 heteroatoms. The Bertz CT molecular complexity index is 1200. The van der Waals surface area contributed by atoms with Crippen LogP contribution >= 0.6 is 23.4 Å². The van der Waals surface area contributed by atoms with Gasteiger partial charge in [-0.25, -0.2) is 4.98 Å². The number of hydrogen-bond acceptors (Lipinski definition) is 8. The number of benzene rings is 2. The molecule has 8 nitrogen and oxygen atoms in total. The van der Waals surface area contributed by atoms with Crippen LogP contribution in [0.25, 0.3) is 11.5 Å². The molecule has 1 amide bonds. The van der Waals surface area contributed by atoms with Crippen molar-refractivity contribution in [2.45, 2.75) is 5.22 Å². The van der Waals surface area contributed by atoms with E-state index in [0.29, 0.717) is 28.1 Å². The van der Waals surface area contributed by atoms with Gasteiger partial charge in [0.1, 0.15) is 17.2 Å². The normalized spacial score (nSPS) is 10.6. The number of hydrogen-bond donors (Lipinski definition) is 1. The molecule has 0 fully saturated rings. The summed E-state index contributed by atoms with van der Waals surface area (Å²) in [5.41, 5.74) is 1.19. The SMILES string of the molecule is COc1ccc(Oc2ncccc2NC(=O)CSc2nnc(-c3ccc(Cl)cc3)o2)cc1. The fourth-order valence-electron chi connectivity index (χ4n) is 2.61. The molecule has 1 N–H and O–H groups in total. The van der Waals surface area contributed by atoms with Crippen LogP contribution in [-0.4, -0.2) is 34.0 Å². The van der Waals surface area contributed by atoms with Crippen molar-refractivity contribution in [3.05, 3.63) is 71.9 Å². The van der Waals surface area contributed by atoms with Gasteiger partial charge in [-0.2, -0.15) is 0 Å². The number of pyridine rings is 1. The molecule has 0 atom stereocenters. The van der Waals surface area contributed by atoms with Crippen LogP contribution in [0.4, 0.5) is 5.69 Å². The quantitative estimate of drug-likeness (QED) is 0.347. The molecular weight excluding hydrogens is 452 g/mol. The maximum absolute atomic E-state index is 12.5. The van der Waals surface area contributed by atoms with E-state index in [-0.39, 0.29) is 22.8 Å². The van der Waals surface area contributed by atoms with Crippen molar-refractivity contribution < 1.29 is 18.7 Å². The highest BCUT2D eigenvalue weighted by atomic mass is 35.5. The number of carbonyl (C=O) groups is 1.